The second kappa shape index (κ2) is 7.80. The van der Waals surface area contributed by atoms with Gasteiger partial charge in [-0.1, -0.05) is 18.2 Å². The molecule has 7 heteroatoms. The number of aromatic carboxylic acids is 1. The first-order valence-electron chi connectivity index (χ1n) is 7.80. The number of urea groups is 1. The van der Waals surface area contributed by atoms with E-state index in [1.807, 2.05) is 41.1 Å². The van der Waals surface area contributed by atoms with Crippen molar-refractivity contribution in [1.82, 2.24) is 9.99 Å². The number of hydrogen-bond acceptors (Lipinski definition) is 3. The zero-order valence-electron chi connectivity index (χ0n) is 13.7. The number of carbonyl (C=O) groups is 2. The van der Waals surface area contributed by atoms with Crippen LogP contribution in [0.1, 0.15) is 16.1 Å². The highest BCUT2D eigenvalue weighted by molar-refractivity contribution is 5.90. The van der Waals surface area contributed by atoms with Gasteiger partial charge >= 0.3 is 12.0 Å². The third-order valence-corrected chi connectivity index (χ3v) is 3.57. The Labute approximate surface area is 149 Å². The van der Waals surface area contributed by atoms with Crippen molar-refractivity contribution < 1.29 is 14.7 Å². The summed E-state index contributed by atoms with van der Waals surface area (Å²) >= 11 is 0. The maximum Gasteiger partial charge on any atom is 0.339 e. The smallest absolute Gasteiger partial charge is 0.339 e. The molecule has 1 aromatic heterocycles. The van der Waals surface area contributed by atoms with Crippen LogP contribution in [0.3, 0.4) is 0 Å². The Bertz CT molecular complexity index is 931. The predicted octanol–water partition coefficient (Wildman–Crippen LogP) is 3.33. The number of rotatable bonds is 5. The Morgan fingerprint density at radius 2 is 1.69 bits per heavy atom. The average molecular weight is 348 g/mol. The Hall–Kier alpha value is -3.87. The summed E-state index contributed by atoms with van der Waals surface area (Å²) in [6.45, 7) is 0. The van der Waals surface area contributed by atoms with Gasteiger partial charge in [-0.05, 0) is 48.5 Å². The number of anilines is 1. The van der Waals surface area contributed by atoms with Crippen LogP contribution in [0.15, 0.2) is 78.0 Å². The van der Waals surface area contributed by atoms with Gasteiger partial charge in [-0.15, -0.1) is 0 Å². The van der Waals surface area contributed by atoms with Crippen LogP contribution in [0.25, 0.3) is 5.69 Å². The molecular weight excluding hydrogens is 332 g/mol. The average Bonchev–Trinajstić information content (AvgIpc) is 3.11. The number of carbonyl (C=O) groups excluding carboxylic acids is 1. The molecule has 0 radical (unpaired) electrons. The Morgan fingerprint density at radius 1 is 0.962 bits per heavy atom. The molecule has 0 saturated carbocycles. The van der Waals surface area contributed by atoms with E-state index in [1.54, 1.807) is 24.3 Å². The number of hydrogen-bond donors (Lipinski definition) is 3. The number of amides is 2. The lowest BCUT2D eigenvalue weighted by molar-refractivity contribution is 0.0697. The Balaban J connectivity index is 1.66. The molecule has 1 heterocycles. The molecule has 130 valence electrons. The number of carboxylic acids is 1. The fourth-order valence-corrected chi connectivity index (χ4v) is 2.34. The van der Waals surface area contributed by atoms with Crippen molar-refractivity contribution in [3.8, 4) is 5.69 Å². The zero-order valence-corrected chi connectivity index (χ0v) is 13.7. The molecule has 0 saturated heterocycles. The summed E-state index contributed by atoms with van der Waals surface area (Å²) < 4.78 is 1.83. The summed E-state index contributed by atoms with van der Waals surface area (Å²) in [6, 6.07) is 18.7. The maximum atomic E-state index is 11.8. The van der Waals surface area contributed by atoms with Crippen LogP contribution >= 0.6 is 0 Å². The van der Waals surface area contributed by atoms with Crippen LogP contribution in [0.4, 0.5) is 10.5 Å². The molecule has 3 N–H and O–H groups in total. The van der Waals surface area contributed by atoms with Crippen LogP contribution in [0, 0.1) is 0 Å². The maximum absolute atomic E-state index is 11.8. The highest BCUT2D eigenvalue weighted by atomic mass is 16.4. The number of carboxylic acid groups (broad SMARTS) is 1. The lowest BCUT2D eigenvalue weighted by atomic mass is 10.2. The number of aromatic nitrogens is 1. The van der Waals surface area contributed by atoms with E-state index in [4.69, 9.17) is 5.11 Å². The SMILES string of the molecule is O=C(N/N=C\c1cccn1-c1ccc(C(=O)O)cc1)Nc1ccccc1. The van der Waals surface area contributed by atoms with Gasteiger partial charge in [0, 0.05) is 17.6 Å². The van der Waals surface area contributed by atoms with Crippen LogP contribution in [-0.4, -0.2) is 27.9 Å². The molecule has 0 atom stereocenters. The number of nitrogens with one attached hydrogen (secondary N) is 2. The third kappa shape index (κ3) is 4.15. The zero-order chi connectivity index (χ0) is 18.4. The highest BCUT2D eigenvalue weighted by Gasteiger charge is 2.05. The molecule has 7 nitrogen and oxygen atoms in total. The van der Waals surface area contributed by atoms with Gasteiger partial charge in [-0.2, -0.15) is 5.10 Å². The normalized spacial score (nSPS) is 10.6. The standard InChI is InChI=1S/C19H16N4O3/c24-18(25)14-8-10-16(11-9-14)23-12-4-7-17(23)13-20-22-19(26)21-15-5-2-1-3-6-15/h1-13H,(H,24,25)(H2,21,22,26)/b20-13-. The summed E-state index contributed by atoms with van der Waals surface area (Å²) in [5, 5.41) is 15.6. The summed E-state index contributed by atoms with van der Waals surface area (Å²) in [6.07, 6.45) is 3.33. The first-order chi connectivity index (χ1) is 12.6. The summed E-state index contributed by atoms with van der Waals surface area (Å²) in [5.74, 6) is -0.973. The fourth-order valence-electron chi connectivity index (χ4n) is 2.34. The molecule has 2 aromatic carbocycles. The van der Waals surface area contributed by atoms with Crippen molar-refractivity contribution in [3.63, 3.8) is 0 Å². The van der Waals surface area contributed by atoms with E-state index in [2.05, 4.69) is 15.8 Å². The van der Waals surface area contributed by atoms with Crippen LogP contribution in [0.2, 0.25) is 0 Å². The van der Waals surface area contributed by atoms with Gasteiger partial charge in [0.05, 0.1) is 17.5 Å². The molecule has 0 aliphatic heterocycles. The van der Waals surface area contributed by atoms with E-state index in [0.29, 0.717) is 5.69 Å². The number of benzene rings is 2. The summed E-state index contributed by atoms with van der Waals surface area (Å²) in [5.41, 5.74) is 4.80. The van der Waals surface area contributed by atoms with Crippen molar-refractivity contribution >= 4 is 23.9 Å². The van der Waals surface area contributed by atoms with Gasteiger partial charge < -0.3 is 15.0 Å². The molecule has 0 aliphatic carbocycles. The minimum absolute atomic E-state index is 0.218. The van der Waals surface area contributed by atoms with E-state index < -0.39 is 12.0 Å². The van der Waals surface area contributed by atoms with E-state index in [9.17, 15) is 9.59 Å². The number of hydrazone groups is 1. The largest absolute Gasteiger partial charge is 0.478 e. The lowest BCUT2D eigenvalue weighted by Gasteiger charge is -2.07. The molecule has 0 fully saturated rings. The van der Waals surface area contributed by atoms with Crippen molar-refractivity contribution in [3.05, 3.63) is 84.2 Å². The van der Waals surface area contributed by atoms with E-state index in [-0.39, 0.29) is 5.56 Å². The van der Waals surface area contributed by atoms with Gasteiger partial charge in [0.2, 0.25) is 0 Å². The van der Waals surface area contributed by atoms with Crippen molar-refractivity contribution in [1.29, 1.82) is 0 Å². The molecule has 0 unspecified atom stereocenters. The molecule has 0 aliphatic rings. The van der Waals surface area contributed by atoms with Crippen LogP contribution in [-0.2, 0) is 0 Å². The summed E-state index contributed by atoms with van der Waals surface area (Å²) in [4.78, 5) is 22.7. The molecule has 3 aromatic rings. The third-order valence-electron chi connectivity index (χ3n) is 3.57. The number of nitrogens with zero attached hydrogens (tertiary/aromatic N) is 2. The lowest BCUT2D eigenvalue weighted by Crippen LogP contribution is -2.24. The predicted molar refractivity (Wildman–Crippen MR) is 98.9 cm³/mol. The molecule has 26 heavy (non-hydrogen) atoms. The van der Waals surface area contributed by atoms with Crippen LogP contribution in [0.5, 0.6) is 0 Å². The van der Waals surface area contributed by atoms with Crippen LogP contribution < -0.4 is 10.7 Å². The quantitative estimate of drug-likeness (QED) is 0.487. The van der Waals surface area contributed by atoms with E-state index in [0.717, 1.165) is 11.4 Å². The van der Waals surface area contributed by atoms with E-state index in [1.165, 1.54) is 18.3 Å². The fraction of sp³-hybridized carbons (Fsp3) is 0. The molecule has 2 amide bonds. The topological polar surface area (TPSA) is 95.7 Å². The Morgan fingerprint density at radius 3 is 2.38 bits per heavy atom. The monoisotopic (exact) mass is 348 g/mol. The second-order valence-corrected chi connectivity index (χ2v) is 5.35. The minimum atomic E-state index is -0.973. The molecular formula is C19H16N4O3. The first-order valence-corrected chi connectivity index (χ1v) is 7.80. The van der Waals surface area contributed by atoms with Gasteiger partial charge in [-0.25, -0.2) is 15.0 Å². The molecule has 0 bridgehead atoms. The number of para-hydroxylation sites is 1. The summed E-state index contributed by atoms with van der Waals surface area (Å²) in [7, 11) is 0. The van der Waals surface area contributed by atoms with Crippen molar-refractivity contribution in [2.75, 3.05) is 5.32 Å². The van der Waals surface area contributed by atoms with Gasteiger partial charge in [-0.3, -0.25) is 0 Å². The minimum Gasteiger partial charge on any atom is -0.478 e. The Kier molecular flexibility index (Phi) is 5.09. The molecule has 3 rings (SSSR count). The highest BCUT2D eigenvalue weighted by Crippen LogP contribution is 2.13. The van der Waals surface area contributed by atoms with Crippen molar-refractivity contribution in [2.45, 2.75) is 0 Å². The first kappa shape index (κ1) is 17.0. The van der Waals surface area contributed by atoms with E-state index >= 15 is 0 Å². The van der Waals surface area contributed by atoms with Crippen molar-refractivity contribution in [2.24, 2.45) is 5.10 Å². The second-order valence-electron chi connectivity index (χ2n) is 5.35. The van der Waals surface area contributed by atoms with Gasteiger partial charge in [0.15, 0.2) is 0 Å². The molecule has 0 spiro atoms. The van der Waals surface area contributed by atoms with Gasteiger partial charge in [0.25, 0.3) is 0 Å². The van der Waals surface area contributed by atoms with Gasteiger partial charge in [0.1, 0.15) is 0 Å².